The largest absolute Gasteiger partial charge is 0.352 e. The predicted molar refractivity (Wildman–Crippen MR) is 96.8 cm³/mol. The molecule has 23 heavy (non-hydrogen) atoms. The third-order valence-corrected chi connectivity index (χ3v) is 5.74. The van der Waals surface area contributed by atoms with Gasteiger partial charge in [-0.2, -0.15) is 0 Å². The SMILES string of the molecule is Cc1nc(SCC(=O)N[C@@H]2CCCC[C@@H]2C)n(CC(C)C)c1C. The lowest BCUT2D eigenvalue weighted by atomic mass is 9.86. The number of imidazole rings is 1. The summed E-state index contributed by atoms with van der Waals surface area (Å²) < 4.78 is 2.25. The van der Waals surface area contributed by atoms with Crippen LogP contribution in [0.25, 0.3) is 0 Å². The van der Waals surface area contributed by atoms with E-state index in [1.54, 1.807) is 11.8 Å². The Hall–Kier alpha value is -0.970. The zero-order valence-corrected chi connectivity index (χ0v) is 16.0. The van der Waals surface area contributed by atoms with E-state index in [0.29, 0.717) is 23.6 Å². The smallest absolute Gasteiger partial charge is 0.230 e. The molecule has 5 heteroatoms. The summed E-state index contributed by atoms with van der Waals surface area (Å²) in [5.41, 5.74) is 2.27. The summed E-state index contributed by atoms with van der Waals surface area (Å²) in [5, 5.41) is 4.20. The molecule has 0 bridgehead atoms. The van der Waals surface area contributed by atoms with Crippen molar-refractivity contribution in [2.75, 3.05) is 5.75 Å². The molecule has 1 amide bonds. The number of carbonyl (C=O) groups is 1. The van der Waals surface area contributed by atoms with Crippen LogP contribution in [-0.2, 0) is 11.3 Å². The van der Waals surface area contributed by atoms with Crippen molar-refractivity contribution in [3.63, 3.8) is 0 Å². The third kappa shape index (κ3) is 5.00. The minimum atomic E-state index is 0.142. The van der Waals surface area contributed by atoms with E-state index in [0.717, 1.165) is 23.8 Å². The van der Waals surface area contributed by atoms with Crippen LogP contribution >= 0.6 is 11.8 Å². The van der Waals surface area contributed by atoms with Crippen LogP contribution < -0.4 is 5.32 Å². The summed E-state index contributed by atoms with van der Waals surface area (Å²) >= 11 is 1.56. The fraction of sp³-hybridized carbons (Fsp3) is 0.778. The molecule has 1 aromatic heterocycles. The van der Waals surface area contributed by atoms with Gasteiger partial charge in [-0.25, -0.2) is 4.98 Å². The number of nitrogens with zero attached hydrogens (tertiary/aromatic N) is 2. The van der Waals surface area contributed by atoms with Gasteiger partial charge in [0.25, 0.3) is 0 Å². The van der Waals surface area contributed by atoms with E-state index >= 15 is 0 Å². The minimum absolute atomic E-state index is 0.142. The average molecular weight is 338 g/mol. The number of aromatic nitrogens is 2. The fourth-order valence-electron chi connectivity index (χ4n) is 3.22. The van der Waals surface area contributed by atoms with Crippen LogP contribution in [0.1, 0.15) is 57.8 Å². The number of amides is 1. The number of hydrogen-bond acceptors (Lipinski definition) is 3. The van der Waals surface area contributed by atoms with Gasteiger partial charge in [-0.05, 0) is 38.5 Å². The van der Waals surface area contributed by atoms with Gasteiger partial charge < -0.3 is 9.88 Å². The van der Waals surface area contributed by atoms with Gasteiger partial charge in [-0.1, -0.05) is 45.4 Å². The van der Waals surface area contributed by atoms with Crippen molar-refractivity contribution in [1.82, 2.24) is 14.9 Å². The molecule has 1 aromatic rings. The van der Waals surface area contributed by atoms with Crippen molar-refractivity contribution in [1.29, 1.82) is 0 Å². The van der Waals surface area contributed by atoms with Crippen molar-refractivity contribution in [3.05, 3.63) is 11.4 Å². The highest BCUT2D eigenvalue weighted by atomic mass is 32.2. The van der Waals surface area contributed by atoms with Crippen molar-refractivity contribution in [3.8, 4) is 0 Å². The molecular formula is C18H31N3OS. The first-order chi connectivity index (χ1) is 10.9. The lowest BCUT2D eigenvalue weighted by Gasteiger charge is -2.29. The normalized spacial score (nSPS) is 21.7. The zero-order valence-electron chi connectivity index (χ0n) is 15.2. The zero-order chi connectivity index (χ0) is 17.0. The monoisotopic (exact) mass is 337 g/mol. The van der Waals surface area contributed by atoms with Crippen LogP contribution in [0.4, 0.5) is 0 Å². The Morgan fingerprint density at radius 1 is 1.35 bits per heavy atom. The Morgan fingerprint density at radius 3 is 2.70 bits per heavy atom. The molecule has 0 aliphatic heterocycles. The quantitative estimate of drug-likeness (QED) is 0.800. The van der Waals surface area contributed by atoms with Crippen molar-refractivity contribution in [2.24, 2.45) is 11.8 Å². The number of hydrogen-bond donors (Lipinski definition) is 1. The summed E-state index contributed by atoms with van der Waals surface area (Å²) in [7, 11) is 0. The van der Waals surface area contributed by atoms with Gasteiger partial charge in [0.15, 0.2) is 5.16 Å². The van der Waals surface area contributed by atoms with Crippen LogP contribution in [0.5, 0.6) is 0 Å². The highest BCUT2D eigenvalue weighted by molar-refractivity contribution is 7.99. The standard InChI is InChI=1S/C18H31N3OS/c1-12(2)10-21-15(5)14(4)19-18(21)23-11-17(22)20-16-9-7-6-8-13(16)3/h12-13,16H,6-11H2,1-5H3,(H,20,22)/t13-,16+/m0/s1. The van der Waals surface area contributed by atoms with Gasteiger partial charge in [0.05, 0.1) is 11.4 Å². The molecule has 0 aromatic carbocycles. The Morgan fingerprint density at radius 2 is 2.04 bits per heavy atom. The van der Waals surface area contributed by atoms with Gasteiger partial charge in [-0.3, -0.25) is 4.79 Å². The molecule has 4 nitrogen and oxygen atoms in total. The molecule has 1 saturated carbocycles. The Kier molecular flexibility index (Phi) is 6.57. The van der Waals surface area contributed by atoms with Crippen LogP contribution in [0.15, 0.2) is 5.16 Å². The van der Waals surface area contributed by atoms with Crippen LogP contribution in [-0.4, -0.2) is 27.3 Å². The molecule has 0 unspecified atom stereocenters. The van der Waals surface area contributed by atoms with Crippen LogP contribution in [0.2, 0.25) is 0 Å². The first kappa shape index (κ1) is 18.4. The summed E-state index contributed by atoms with van der Waals surface area (Å²) in [4.78, 5) is 16.9. The molecule has 2 rings (SSSR count). The third-order valence-electron chi connectivity index (χ3n) is 4.76. The van der Waals surface area contributed by atoms with Crippen molar-refractivity contribution < 1.29 is 4.79 Å². The molecule has 0 radical (unpaired) electrons. The number of thioether (sulfide) groups is 1. The van der Waals surface area contributed by atoms with Crippen LogP contribution in [0, 0.1) is 25.7 Å². The Bertz CT molecular complexity index is 539. The van der Waals surface area contributed by atoms with Gasteiger partial charge >= 0.3 is 0 Å². The predicted octanol–water partition coefficient (Wildman–Crippen LogP) is 3.94. The fourth-order valence-corrected chi connectivity index (χ4v) is 4.14. The summed E-state index contributed by atoms with van der Waals surface area (Å²) in [6.07, 6.45) is 4.89. The van der Waals surface area contributed by atoms with E-state index in [-0.39, 0.29) is 5.91 Å². The second-order valence-electron chi connectivity index (χ2n) is 7.29. The minimum Gasteiger partial charge on any atom is -0.352 e. The topological polar surface area (TPSA) is 46.9 Å². The van der Waals surface area contributed by atoms with Gasteiger partial charge in [0.1, 0.15) is 0 Å². The molecule has 0 saturated heterocycles. The Balaban J connectivity index is 1.92. The van der Waals surface area contributed by atoms with Gasteiger partial charge in [-0.15, -0.1) is 0 Å². The van der Waals surface area contributed by atoms with Crippen molar-refractivity contribution >= 4 is 17.7 Å². The maximum Gasteiger partial charge on any atom is 0.230 e. The second-order valence-corrected chi connectivity index (χ2v) is 8.24. The summed E-state index contributed by atoms with van der Waals surface area (Å²) in [5.74, 6) is 1.77. The molecule has 130 valence electrons. The van der Waals surface area contributed by atoms with Crippen LogP contribution in [0.3, 0.4) is 0 Å². The van der Waals surface area contributed by atoms with Gasteiger partial charge in [0.2, 0.25) is 5.91 Å². The molecule has 2 atom stereocenters. The van der Waals surface area contributed by atoms with E-state index in [1.807, 2.05) is 6.92 Å². The number of rotatable bonds is 6. The Labute approximate surface area is 144 Å². The molecule has 0 spiro atoms. The van der Waals surface area contributed by atoms with E-state index in [9.17, 15) is 4.79 Å². The molecule has 1 fully saturated rings. The highest BCUT2D eigenvalue weighted by Crippen LogP contribution is 2.25. The average Bonchev–Trinajstić information content (AvgIpc) is 2.75. The molecule has 1 aliphatic rings. The van der Waals surface area contributed by atoms with Crippen molar-refractivity contribution in [2.45, 2.75) is 78.0 Å². The molecule has 1 heterocycles. The molecule has 1 aliphatic carbocycles. The highest BCUT2D eigenvalue weighted by Gasteiger charge is 2.23. The van der Waals surface area contributed by atoms with Gasteiger partial charge in [0, 0.05) is 18.3 Å². The lowest BCUT2D eigenvalue weighted by Crippen LogP contribution is -2.41. The summed E-state index contributed by atoms with van der Waals surface area (Å²) in [6.45, 7) is 11.8. The number of carbonyl (C=O) groups excluding carboxylic acids is 1. The number of nitrogens with one attached hydrogen (secondary N) is 1. The maximum absolute atomic E-state index is 12.3. The van der Waals surface area contributed by atoms with E-state index in [1.165, 1.54) is 25.0 Å². The lowest BCUT2D eigenvalue weighted by molar-refractivity contribution is -0.119. The van der Waals surface area contributed by atoms with E-state index < -0.39 is 0 Å². The maximum atomic E-state index is 12.3. The summed E-state index contributed by atoms with van der Waals surface area (Å²) in [6, 6.07) is 0.357. The first-order valence-corrected chi connectivity index (χ1v) is 9.83. The van der Waals surface area contributed by atoms with E-state index in [4.69, 9.17) is 0 Å². The number of aryl methyl sites for hydroxylation is 1. The molecule has 1 N–H and O–H groups in total. The first-order valence-electron chi connectivity index (χ1n) is 8.84. The van der Waals surface area contributed by atoms with E-state index in [2.05, 4.69) is 42.6 Å². The second kappa shape index (κ2) is 8.22. The molecular weight excluding hydrogens is 306 g/mol.